The molecule has 3 nitrogen and oxygen atoms in total. The molecule has 0 unspecified atom stereocenters. The Morgan fingerprint density at radius 3 is 2.58 bits per heavy atom. The summed E-state index contributed by atoms with van der Waals surface area (Å²) in [5, 5.41) is 13.7. The van der Waals surface area contributed by atoms with E-state index in [2.05, 4.69) is 0 Å². The summed E-state index contributed by atoms with van der Waals surface area (Å²) in [6.07, 6.45) is 0. The molecule has 5 heteroatoms. The van der Waals surface area contributed by atoms with Gasteiger partial charge in [-0.15, -0.1) is 11.8 Å². The van der Waals surface area contributed by atoms with Crippen LogP contribution in [0.5, 0.6) is 5.75 Å². The molecule has 1 heterocycles. The van der Waals surface area contributed by atoms with E-state index in [9.17, 15) is 9.90 Å². The first-order valence-corrected chi connectivity index (χ1v) is 9.27. The number of carbonyl (C=O) groups is 1. The Hall–Kier alpha value is -2.24. The molecule has 122 valence electrons. The van der Waals surface area contributed by atoms with E-state index in [1.54, 1.807) is 23.1 Å². The van der Waals surface area contributed by atoms with Crippen molar-refractivity contribution in [2.24, 2.45) is 0 Å². The summed E-state index contributed by atoms with van der Waals surface area (Å²) in [7, 11) is 1.52. The van der Waals surface area contributed by atoms with Crippen molar-refractivity contribution < 1.29 is 14.6 Å². The second-order valence-electron chi connectivity index (χ2n) is 5.10. The first-order chi connectivity index (χ1) is 11.7. The van der Waals surface area contributed by atoms with E-state index in [4.69, 9.17) is 4.74 Å². The van der Waals surface area contributed by atoms with Gasteiger partial charge in [0, 0.05) is 16.2 Å². The lowest BCUT2D eigenvalue weighted by Gasteiger charge is -2.14. The Labute approximate surface area is 148 Å². The summed E-state index contributed by atoms with van der Waals surface area (Å²) in [5.41, 5.74) is 2.78. The van der Waals surface area contributed by atoms with Gasteiger partial charge in [-0.3, -0.25) is 0 Å². The maximum Gasteiger partial charge on any atom is 0.339 e. The van der Waals surface area contributed by atoms with Crippen molar-refractivity contribution in [3.05, 3.63) is 70.4 Å². The van der Waals surface area contributed by atoms with Gasteiger partial charge >= 0.3 is 5.97 Å². The van der Waals surface area contributed by atoms with Gasteiger partial charge in [0.2, 0.25) is 0 Å². The third kappa shape index (κ3) is 3.47. The van der Waals surface area contributed by atoms with Crippen molar-refractivity contribution in [3.63, 3.8) is 0 Å². The van der Waals surface area contributed by atoms with Crippen molar-refractivity contribution >= 4 is 29.1 Å². The number of hydrogen-bond donors (Lipinski definition) is 1. The van der Waals surface area contributed by atoms with Gasteiger partial charge in [0.05, 0.1) is 7.11 Å². The molecule has 3 aromatic rings. The second kappa shape index (κ2) is 7.55. The molecule has 0 aliphatic carbocycles. The van der Waals surface area contributed by atoms with Crippen LogP contribution >= 0.6 is 23.1 Å². The predicted molar refractivity (Wildman–Crippen MR) is 99.3 cm³/mol. The lowest BCUT2D eigenvalue weighted by Crippen LogP contribution is -2.06. The summed E-state index contributed by atoms with van der Waals surface area (Å²) in [4.78, 5) is 13.0. The molecule has 3 rings (SSSR count). The fourth-order valence-corrected chi connectivity index (χ4v) is 4.08. The molecule has 0 radical (unpaired) electrons. The standard InChI is InChI=1S/C19H16O3S2/c1-22-18-16(13-9-10-23-11-13)8-7-14(17(18)19(20)21)12-24-15-5-3-2-4-6-15/h2-11H,12H2,1H3,(H,20,21). The van der Waals surface area contributed by atoms with E-state index < -0.39 is 5.97 Å². The molecule has 0 fully saturated rings. The molecule has 2 aromatic carbocycles. The largest absolute Gasteiger partial charge is 0.495 e. The van der Waals surface area contributed by atoms with Crippen molar-refractivity contribution in [1.82, 2.24) is 0 Å². The average Bonchev–Trinajstić information content (AvgIpc) is 3.14. The van der Waals surface area contributed by atoms with Gasteiger partial charge in [-0.2, -0.15) is 11.3 Å². The summed E-state index contributed by atoms with van der Waals surface area (Å²) < 4.78 is 5.47. The van der Waals surface area contributed by atoms with Gasteiger partial charge in [-0.05, 0) is 40.1 Å². The molecule has 1 N–H and O–H groups in total. The van der Waals surface area contributed by atoms with Crippen LogP contribution in [0.4, 0.5) is 0 Å². The third-order valence-corrected chi connectivity index (χ3v) is 5.38. The van der Waals surface area contributed by atoms with E-state index in [1.807, 2.05) is 59.3 Å². The highest BCUT2D eigenvalue weighted by molar-refractivity contribution is 7.98. The van der Waals surface area contributed by atoms with E-state index in [0.717, 1.165) is 21.6 Å². The Balaban J connectivity index is 1.99. The zero-order valence-electron chi connectivity index (χ0n) is 13.1. The van der Waals surface area contributed by atoms with Crippen LogP contribution in [0.25, 0.3) is 11.1 Å². The number of benzene rings is 2. The lowest BCUT2D eigenvalue weighted by molar-refractivity contribution is 0.0692. The Morgan fingerprint density at radius 1 is 1.17 bits per heavy atom. The van der Waals surface area contributed by atoms with Crippen LogP contribution in [0.3, 0.4) is 0 Å². The van der Waals surface area contributed by atoms with Crippen LogP contribution in [0, 0.1) is 0 Å². The zero-order valence-corrected chi connectivity index (χ0v) is 14.7. The Morgan fingerprint density at radius 2 is 1.96 bits per heavy atom. The average molecular weight is 356 g/mol. The number of methoxy groups -OCH3 is 1. The maximum atomic E-state index is 11.8. The van der Waals surface area contributed by atoms with Crippen molar-refractivity contribution in [3.8, 4) is 16.9 Å². The molecule has 0 atom stereocenters. The molecule has 0 saturated heterocycles. The first-order valence-electron chi connectivity index (χ1n) is 7.34. The van der Waals surface area contributed by atoms with Crippen LogP contribution in [0.15, 0.2) is 64.2 Å². The molecular formula is C19H16O3S2. The summed E-state index contributed by atoms with van der Waals surface area (Å²) in [6.45, 7) is 0. The fraction of sp³-hybridized carbons (Fsp3) is 0.105. The highest BCUT2D eigenvalue weighted by Crippen LogP contribution is 2.38. The van der Waals surface area contributed by atoms with Gasteiger partial charge in [0.15, 0.2) is 0 Å². The summed E-state index contributed by atoms with van der Waals surface area (Å²) >= 11 is 3.18. The normalized spacial score (nSPS) is 10.5. The molecule has 0 spiro atoms. The van der Waals surface area contributed by atoms with E-state index in [-0.39, 0.29) is 5.56 Å². The predicted octanol–water partition coefficient (Wildman–Crippen LogP) is 5.41. The van der Waals surface area contributed by atoms with Crippen LogP contribution in [0.1, 0.15) is 15.9 Å². The van der Waals surface area contributed by atoms with Gasteiger partial charge in [0.1, 0.15) is 11.3 Å². The number of carboxylic acids is 1. The minimum absolute atomic E-state index is 0.240. The number of rotatable bonds is 6. The molecule has 0 aliphatic heterocycles. The number of thiophene rings is 1. The number of hydrogen-bond acceptors (Lipinski definition) is 4. The molecule has 0 bridgehead atoms. The smallest absolute Gasteiger partial charge is 0.339 e. The SMILES string of the molecule is COc1c(-c2ccsc2)ccc(CSc2ccccc2)c1C(=O)O. The molecule has 0 aliphatic rings. The number of thioether (sulfide) groups is 1. The fourth-order valence-electron chi connectivity index (χ4n) is 2.51. The molecule has 0 amide bonds. The molecular weight excluding hydrogens is 340 g/mol. The highest BCUT2D eigenvalue weighted by Gasteiger charge is 2.21. The van der Waals surface area contributed by atoms with Crippen LogP contribution in [-0.4, -0.2) is 18.2 Å². The van der Waals surface area contributed by atoms with Crippen LogP contribution in [0.2, 0.25) is 0 Å². The van der Waals surface area contributed by atoms with Crippen molar-refractivity contribution in [2.75, 3.05) is 7.11 Å². The van der Waals surface area contributed by atoms with E-state index in [1.165, 1.54) is 7.11 Å². The van der Waals surface area contributed by atoms with Gasteiger partial charge in [-0.25, -0.2) is 4.79 Å². The Bertz CT molecular complexity index is 827. The Kier molecular flexibility index (Phi) is 5.23. The van der Waals surface area contributed by atoms with Crippen molar-refractivity contribution in [2.45, 2.75) is 10.6 Å². The monoisotopic (exact) mass is 356 g/mol. The van der Waals surface area contributed by atoms with Gasteiger partial charge in [0.25, 0.3) is 0 Å². The second-order valence-corrected chi connectivity index (χ2v) is 6.93. The van der Waals surface area contributed by atoms with Crippen LogP contribution in [-0.2, 0) is 5.75 Å². The van der Waals surface area contributed by atoms with Crippen molar-refractivity contribution in [1.29, 1.82) is 0 Å². The topological polar surface area (TPSA) is 46.5 Å². The summed E-state index contributed by atoms with van der Waals surface area (Å²) in [5.74, 6) is 0.0333. The maximum absolute atomic E-state index is 11.8. The summed E-state index contributed by atoms with van der Waals surface area (Å²) in [6, 6.07) is 15.7. The third-order valence-electron chi connectivity index (χ3n) is 3.63. The molecule has 1 aromatic heterocycles. The number of ether oxygens (including phenoxy) is 1. The van der Waals surface area contributed by atoms with Crippen LogP contribution < -0.4 is 4.74 Å². The minimum atomic E-state index is -0.965. The van der Waals surface area contributed by atoms with E-state index in [0.29, 0.717) is 11.5 Å². The highest BCUT2D eigenvalue weighted by atomic mass is 32.2. The minimum Gasteiger partial charge on any atom is -0.495 e. The number of carboxylic acid groups (broad SMARTS) is 1. The number of aromatic carboxylic acids is 1. The molecule has 0 saturated carbocycles. The van der Waals surface area contributed by atoms with Gasteiger partial charge in [-0.1, -0.05) is 30.3 Å². The van der Waals surface area contributed by atoms with E-state index >= 15 is 0 Å². The quantitative estimate of drug-likeness (QED) is 0.600. The molecule has 24 heavy (non-hydrogen) atoms. The first kappa shape index (κ1) is 16.6. The zero-order chi connectivity index (χ0) is 16.9. The lowest BCUT2D eigenvalue weighted by atomic mass is 9.99. The van der Waals surface area contributed by atoms with Gasteiger partial charge < -0.3 is 9.84 Å².